The van der Waals surface area contributed by atoms with Gasteiger partial charge in [-0.3, -0.25) is 0 Å². The lowest BCUT2D eigenvalue weighted by atomic mass is 10.1. The van der Waals surface area contributed by atoms with E-state index in [0.29, 0.717) is 18.1 Å². The number of nitriles is 1. The molecule has 3 rings (SSSR count). The van der Waals surface area contributed by atoms with Crippen molar-refractivity contribution in [3.05, 3.63) is 47.7 Å². The maximum absolute atomic E-state index is 8.92. The number of nitrogen functional groups attached to an aromatic ring is 1. The maximum Gasteiger partial charge on any atom is 0.165 e. The predicted octanol–water partition coefficient (Wildman–Crippen LogP) is 2.08. The van der Waals surface area contributed by atoms with Gasteiger partial charge in [0, 0.05) is 5.56 Å². The third-order valence-corrected chi connectivity index (χ3v) is 3.05. The Balaban J connectivity index is 1.86. The second-order valence-electron chi connectivity index (χ2n) is 4.29. The average molecular weight is 252 g/mol. The van der Waals surface area contributed by atoms with Crippen LogP contribution >= 0.6 is 0 Å². The van der Waals surface area contributed by atoms with Gasteiger partial charge in [-0.05, 0) is 18.2 Å². The van der Waals surface area contributed by atoms with Gasteiger partial charge in [-0.1, -0.05) is 18.2 Å². The van der Waals surface area contributed by atoms with Crippen LogP contribution in [0.5, 0.6) is 5.75 Å². The van der Waals surface area contributed by atoms with Crippen molar-refractivity contribution in [1.82, 2.24) is 4.98 Å². The lowest BCUT2D eigenvalue weighted by Gasteiger charge is -2.12. The van der Waals surface area contributed by atoms with Crippen LogP contribution in [0.1, 0.15) is 17.3 Å². The number of rotatable bonds is 2. The Morgan fingerprint density at radius 3 is 3.00 bits per heavy atom. The standard InChI is InChI=1S/C14H12N4O/c15-7-11-10(16)5-6-14(17-11)18-12-8-19-13-4-2-1-3-9(12)13/h1-6,12H,8,16H2,(H,17,18). The quantitative estimate of drug-likeness (QED) is 0.854. The third-order valence-electron chi connectivity index (χ3n) is 3.05. The summed E-state index contributed by atoms with van der Waals surface area (Å²) in [4.78, 5) is 4.17. The molecule has 94 valence electrons. The zero-order valence-electron chi connectivity index (χ0n) is 10.1. The second kappa shape index (κ2) is 4.50. The van der Waals surface area contributed by atoms with E-state index in [-0.39, 0.29) is 11.7 Å². The molecule has 0 saturated heterocycles. The summed E-state index contributed by atoms with van der Waals surface area (Å²) < 4.78 is 5.58. The van der Waals surface area contributed by atoms with Crippen LogP contribution in [0, 0.1) is 11.3 Å². The average Bonchev–Trinajstić information content (AvgIpc) is 2.84. The Hall–Kier alpha value is -2.74. The fraction of sp³-hybridized carbons (Fsp3) is 0.143. The highest BCUT2D eigenvalue weighted by molar-refractivity contribution is 5.55. The number of nitrogens with one attached hydrogen (secondary N) is 1. The summed E-state index contributed by atoms with van der Waals surface area (Å²) in [6, 6.07) is 13.3. The van der Waals surface area contributed by atoms with Crippen LogP contribution < -0.4 is 15.8 Å². The minimum atomic E-state index is 0.0406. The van der Waals surface area contributed by atoms with Crippen molar-refractivity contribution in [3.8, 4) is 11.8 Å². The van der Waals surface area contributed by atoms with Gasteiger partial charge in [0.2, 0.25) is 0 Å². The van der Waals surface area contributed by atoms with Gasteiger partial charge in [-0.25, -0.2) is 4.98 Å². The molecule has 3 N–H and O–H groups in total. The van der Waals surface area contributed by atoms with Gasteiger partial charge in [-0.15, -0.1) is 0 Å². The largest absolute Gasteiger partial charge is 0.491 e. The molecule has 0 amide bonds. The molecule has 5 nitrogen and oxygen atoms in total. The number of aromatic nitrogens is 1. The number of fused-ring (bicyclic) bond motifs is 1. The van der Waals surface area contributed by atoms with Gasteiger partial charge in [0.15, 0.2) is 5.69 Å². The highest BCUT2D eigenvalue weighted by atomic mass is 16.5. The zero-order valence-corrected chi connectivity index (χ0v) is 10.1. The molecule has 0 spiro atoms. The second-order valence-corrected chi connectivity index (χ2v) is 4.29. The molecule has 5 heteroatoms. The molecule has 1 aliphatic heterocycles. The summed E-state index contributed by atoms with van der Waals surface area (Å²) in [6.45, 7) is 0.549. The first kappa shape index (κ1) is 11.4. The van der Waals surface area contributed by atoms with Crippen LogP contribution in [0.4, 0.5) is 11.5 Å². The molecule has 1 unspecified atom stereocenters. The van der Waals surface area contributed by atoms with Crippen molar-refractivity contribution in [2.75, 3.05) is 17.7 Å². The first-order chi connectivity index (χ1) is 9.28. The van der Waals surface area contributed by atoms with E-state index in [0.717, 1.165) is 11.3 Å². The first-order valence-corrected chi connectivity index (χ1v) is 5.93. The van der Waals surface area contributed by atoms with Gasteiger partial charge >= 0.3 is 0 Å². The highest BCUT2D eigenvalue weighted by Crippen LogP contribution is 2.33. The summed E-state index contributed by atoms with van der Waals surface area (Å²) in [7, 11) is 0. The lowest BCUT2D eigenvalue weighted by molar-refractivity contribution is 0.339. The van der Waals surface area contributed by atoms with E-state index in [2.05, 4.69) is 10.3 Å². The maximum atomic E-state index is 8.92. The van der Waals surface area contributed by atoms with Crippen LogP contribution in [0.3, 0.4) is 0 Å². The predicted molar refractivity (Wildman–Crippen MR) is 71.7 cm³/mol. The molecule has 1 aromatic heterocycles. The Bertz CT molecular complexity index is 663. The molecule has 0 saturated carbocycles. The normalized spacial score (nSPS) is 16.3. The number of pyridine rings is 1. The van der Waals surface area contributed by atoms with E-state index in [1.54, 1.807) is 12.1 Å². The first-order valence-electron chi connectivity index (χ1n) is 5.93. The number of nitrogens with zero attached hydrogens (tertiary/aromatic N) is 2. The summed E-state index contributed by atoms with van der Waals surface area (Å²) in [5.41, 5.74) is 7.36. The van der Waals surface area contributed by atoms with E-state index in [4.69, 9.17) is 15.7 Å². The topological polar surface area (TPSA) is 84.0 Å². The van der Waals surface area contributed by atoms with Gasteiger partial charge in [-0.2, -0.15) is 5.26 Å². The minimum absolute atomic E-state index is 0.0406. The number of hydrogen-bond donors (Lipinski definition) is 2. The smallest absolute Gasteiger partial charge is 0.165 e. The van der Waals surface area contributed by atoms with Crippen LogP contribution in [-0.4, -0.2) is 11.6 Å². The van der Waals surface area contributed by atoms with E-state index >= 15 is 0 Å². The third kappa shape index (κ3) is 2.04. The van der Waals surface area contributed by atoms with Gasteiger partial charge < -0.3 is 15.8 Å². The van der Waals surface area contributed by atoms with E-state index < -0.39 is 0 Å². The number of benzene rings is 1. The molecule has 1 aliphatic rings. The Kier molecular flexibility index (Phi) is 2.69. The Morgan fingerprint density at radius 2 is 2.16 bits per heavy atom. The number of ether oxygens (including phenoxy) is 1. The monoisotopic (exact) mass is 252 g/mol. The molecule has 2 heterocycles. The molecule has 1 aromatic carbocycles. The molecule has 1 atom stereocenters. The van der Waals surface area contributed by atoms with Gasteiger partial charge in [0.05, 0.1) is 11.7 Å². The van der Waals surface area contributed by atoms with Gasteiger partial charge in [0.1, 0.15) is 24.2 Å². The van der Waals surface area contributed by atoms with Crippen LogP contribution in [-0.2, 0) is 0 Å². The number of nitrogens with two attached hydrogens (primary N) is 1. The molecule has 0 fully saturated rings. The number of para-hydroxylation sites is 1. The molecule has 0 aliphatic carbocycles. The Morgan fingerprint density at radius 1 is 1.32 bits per heavy atom. The van der Waals surface area contributed by atoms with Crippen LogP contribution in [0.15, 0.2) is 36.4 Å². The van der Waals surface area contributed by atoms with Crippen molar-refractivity contribution >= 4 is 11.5 Å². The number of anilines is 2. The fourth-order valence-electron chi connectivity index (χ4n) is 2.10. The van der Waals surface area contributed by atoms with E-state index in [1.807, 2.05) is 30.3 Å². The number of hydrogen-bond acceptors (Lipinski definition) is 5. The summed E-state index contributed by atoms with van der Waals surface area (Å²) >= 11 is 0. The Labute approximate surface area is 110 Å². The molecule has 19 heavy (non-hydrogen) atoms. The molecule has 0 radical (unpaired) electrons. The lowest BCUT2D eigenvalue weighted by Crippen LogP contribution is -2.13. The van der Waals surface area contributed by atoms with Gasteiger partial charge in [0.25, 0.3) is 0 Å². The van der Waals surface area contributed by atoms with Crippen molar-refractivity contribution < 1.29 is 4.74 Å². The fourth-order valence-corrected chi connectivity index (χ4v) is 2.10. The van der Waals surface area contributed by atoms with Crippen molar-refractivity contribution in [2.24, 2.45) is 0 Å². The van der Waals surface area contributed by atoms with Crippen molar-refractivity contribution in [1.29, 1.82) is 5.26 Å². The molecular formula is C14H12N4O. The van der Waals surface area contributed by atoms with E-state index in [1.165, 1.54) is 0 Å². The summed E-state index contributed by atoms with van der Waals surface area (Å²) in [6.07, 6.45) is 0. The zero-order chi connectivity index (χ0) is 13.2. The van der Waals surface area contributed by atoms with Crippen molar-refractivity contribution in [3.63, 3.8) is 0 Å². The molecule has 0 bridgehead atoms. The highest BCUT2D eigenvalue weighted by Gasteiger charge is 2.23. The van der Waals surface area contributed by atoms with Crippen LogP contribution in [0.25, 0.3) is 0 Å². The SMILES string of the molecule is N#Cc1nc(NC2COc3ccccc32)ccc1N. The molecular weight excluding hydrogens is 240 g/mol. The van der Waals surface area contributed by atoms with Crippen LogP contribution in [0.2, 0.25) is 0 Å². The molecule has 2 aromatic rings. The van der Waals surface area contributed by atoms with E-state index in [9.17, 15) is 0 Å². The minimum Gasteiger partial charge on any atom is -0.491 e. The van der Waals surface area contributed by atoms with Crippen molar-refractivity contribution in [2.45, 2.75) is 6.04 Å². The summed E-state index contributed by atoms with van der Waals surface area (Å²) in [5, 5.41) is 12.2. The summed E-state index contributed by atoms with van der Waals surface area (Å²) in [5.74, 6) is 1.51.